The molecule has 2 heterocycles. The second-order valence-corrected chi connectivity index (χ2v) is 7.98. The van der Waals surface area contributed by atoms with Gasteiger partial charge in [-0.15, -0.1) is 0 Å². The molecule has 1 saturated carbocycles. The summed E-state index contributed by atoms with van der Waals surface area (Å²) < 4.78 is 0. The Morgan fingerprint density at radius 2 is 1.89 bits per heavy atom. The average Bonchev–Trinajstić information content (AvgIpc) is 3.36. The molecule has 2 aliphatic carbocycles. The van der Waals surface area contributed by atoms with E-state index in [1.807, 2.05) is 0 Å². The summed E-state index contributed by atoms with van der Waals surface area (Å²) in [5, 5.41) is 5.84. The zero-order chi connectivity index (χ0) is 19.5. The van der Waals surface area contributed by atoms with E-state index < -0.39 is 6.04 Å². The summed E-state index contributed by atoms with van der Waals surface area (Å²) in [4.78, 5) is 37.2. The van der Waals surface area contributed by atoms with Crippen LogP contribution in [-0.4, -0.2) is 65.6 Å². The lowest BCUT2D eigenvalue weighted by molar-refractivity contribution is -0.122. The van der Waals surface area contributed by atoms with Gasteiger partial charge in [0.15, 0.2) is 0 Å². The molecular formula is C20H28N6O2. The van der Waals surface area contributed by atoms with Crippen molar-refractivity contribution in [3.8, 4) is 0 Å². The van der Waals surface area contributed by atoms with E-state index in [-0.39, 0.29) is 11.9 Å². The topological polar surface area (TPSA) is 90.5 Å². The first-order valence-corrected chi connectivity index (χ1v) is 10.1. The molecule has 1 aromatic rings. The molecule has 0 radical (unpaired) electrons. The van der Waals surface area contributed by atoms with E-state index in [9.17, 15) is 9.59 Å². The van der Waals surface area contributed by atoms with Crippen molar-refractivity contribution >= 4 is 17.9 Å². The third-order valence-electron chi connectivity index (χ3n) is 6.09. The predicted octanol–water partition coefficient (Wildman–Crippen LogP) is 1.03. The van der Waals surface area contributed by atoms with Gasteiger partial charge in [0.1, 0.15) is 6.04 Å². The number of hydrogen-bond donors (Lipinski definition) is 2. The maximum atomic E-state index is 12.5. The van der Waals surface area contributed by atoms with E-state index >= 15 is 0 Å². The fourth-order valence-electron chi connectivity index (χ4n) is 4.42. The van der Waals surface area contributed by atoms with Gasteiger partial charge >= 0.3 is 6.03 Å². The molecule has 3 aliphatic rings. The van der Waals surface area contributed by atoms with Gasteiger partial charge in [-0.25, -0.2) is 14.8 Å². The number of nitrogens with one attached hydrogen (secondary N) is 2. The number of rotatable bonds is 5. The summed E-state index contributed by atoms with van der Waals surface area (Å²) in [6, 6.07) is 1.05. The predicted molar refractivity (Wildman–Crippen MR) is 106 cm³/mol. The molecule has 2 N–H and O–H groups in total. The minimum atomic E-state index is -0.544. The van der Waals surface area contributed by atoms with Crippen molar-refractivity contribution in [2.45, 2.75) is 25.8 Å². The minimum absolute atomic E-state index is 0.114. The number of aromatic nitrogens is 2. The molecule has 0 aromatic carbocycles. The third kappa shape index (κ3) is 4.10. The van der Waals surface area contributed by atoms with E-state index in [0.717, 1.165) is 6.42 Å². The monoisotopic (exact) mass is 384 g/mol. The van der Waals surface area contributed by atoms with Crippen LogP contribution in [0.25, 0.3) is 0 Å². The number of carbonyl (C=O) groups excluding carboxylic acids is 2. The molecule has 1 aliphatic heterocycles. The van der Waals surface area contributed by atoms with Gasteiger partial charge in [-0.1, -0.05) is 12.2 Å². The Hall–Kier alpha value is -2.64. The molecular weight excluding hydrogens is 356 g/mol. The van der Waals surface area contributed by atoms with Crippen LogP contribution in [0.5, 0.6) is 0 Å². The molecule has 150 valence electrons. The van der Waals surface area contributed by atoms with Crippen LogP contribution in [0, 0.1) is 17.8 Å². The van der Waals surface area contributed by atoms with Crippen LogP contribution in [0.2, 0.25) is 0 Å². The van der Waals surface area contributed by atoms with Crippen molar-refractivity contribution in [3.05, 3.63) is 30.6 Å². The van der Waals surface area contributed by atoms with Crippen LogP contribution in [0.1, 0.15) is 19.8 Å². The van der Waals surface area contributed by atoms with Crippen LogP contribution in [-0.2, 0) is 4.79 Å². The number of nitrogens with zero attached hydrogens (tertiary/aromatic N) is 4. The van der Waals surface area contributed by atoms with Crippen LogP contribution in [0.15, 0.2) is 30.6 Å². The van der Waals surface area contributed by atoms with Gasteiger partial charge in [-0.05, 0) is 43.6 Å². The first-order valence-electron chi connectivity index (χ1n) is 10.1. The molecule has 8 nitrogen and oxygen atoms in total. The number of carbonyl (C=O) groups is 2. The molecule has 28 heavy (non-hydrogen) atoms. The van der Waals surface area contributed by atoms with Gasteiger partial charge in [0.2, 0.25) is 11.9 Å². The highest BCUT2D eigenvalue weighted by atomic mass is 16.2. The second-order valence-electron chi connectivity index (χ2n) is 7.98. The Morgan fingerprint density at radius 3 is 2.54 bits per heavy atom. The summed E-state index contributed by atoms with van der Waals surface area (Å²) in [5.74, 6) is 2.42. The molecule has 3 amide bonds. The van der Waals surface area contributed by atoms with E-state index in [4.69, 9.17) is 0 Å². The average molecular weight is 384 g/mol. The number of allylic oxidation sites excluding steroid dienone is 2. The van der Waals surface area contributed by atoms with Crippen LogP contribution in [0.3, 0.4) is 0 Å². The summed E-state index contributed by atoms with van der Waals surface area (Å²) in [6.45, 7) is 4.94. The fourth-order valence-corrected chi connectivity index (χ4v) is 4.42. The Bertz CT molecular complexity index is 731. The number of amides is 3. The van der Waals surface area contributed by atoms with Crippen molar-refractivity contribution < 1.29 is 9.59 Å². The van der Waals surface area contributed by atoms with Gasteiger partial charge in [0.25, 0.3) is 0 Å². The zero-order valence-corrected chi connectivity index (χ0v) is 16.3. The number of urea groups is 1. The largest absolute Gasteiger partial charge is 0.354 e. The lowest BCUT2D eigenvalue weighted by Gasteiger charge is -2.35. The number of piperazine rings is 1. The quantitative estimate of drug-likeness (QED) is 0.740. The molecule has 2 bridgehead atoms. The summed E-state index contributed by atoms with van der Waals surface area (Å²) in [7, 11) is 0. The molecule has 1 saturated heterocycles. The number of hydrogen-bond acceptors (Lipinski definition) is 5. The van der Waals surface area contributed by atoms with Crippen LogP contribution in [0.4, 0.5) is 10.7 Å². The van der Waals surface area contributed by atoms with Gasteiger partial charge in [0, 0.05) is 45.1 Å². The first kappa shape index (κ1) is 18.7. The summed E-state index contributed by atoms with van der Waals surface area (Å²) in [6.07, 6.45) is 10.4. The van der Waals surface area contributed by atoms with Crippen LogP contribution >= 0.6 is 0 Å². The Balaban J connectivity index is 1.19. The molecule has 8 heteroatoms. The van der Waals surface area contributed by atoms with Gasteiger partial charge in [-0.2, -0.15) is 0 Å². The van der Waals surface area contributed by atoms with Crippen molar-refractivity contribution in [2.24, 2.45) is 17.8 Å². The Labute approximate surface area is 165 Å². The van der Waals surface area contributed by atoms with Gasteiger partial charge in [0.05, 0.1) is 0 Å². The van der Waals surface area contributed by atoms with E-state index in [2.05, 4.69) is 37.7 Å². The highest BCUT2D eigenvalue weighted by Gasteiger charge is 2.35. The zero-order valence-electron chi connectivity index (χ0n) is 16.3. The first-order chi connectivity index (χ1) is 13.6. The SMILES string of the molecule is C[C@@H](NC(=O)N1CCN(c2ncccn2)CC1)C(=O)NC[C@H]1C[C@H]2C=C[C@H]1C2. The lowest BCUT2D eigenvalue weighted by atomic mass is 9.93. The molecule has 0 spiro atoms. The van der Waals surface area contributed by atoms with Crippen molar-refractivity contribution in [3.63, 3.8) is 0 Å². The van der Waals surface area contributed by atoms with E-state index in [0.29, 0.717) is 56.4 Å². The highest BCUT2D eigenvalue weighted by molar-refractivity contribution is 5.86. The standard InChI is InChI=1S/C20H28N6O2/c1-14(18(27)23-13-17-12-15-3-4-16(17)11-15)24-20(28)26-9-7-25(8-10-26)19-21-5-2-6-22-19/h2-6,14-17H,7-13H2,1H3,(H,23,27)(H,24,28)/t14-,15+,16+,17-/m1/s1. The molecule has 4 rings (SSSR count). The van der Waals surface area contributed by atoms with Crippen LogP contribution < -0.4 is 15.5 Å². The van der Waals surface area contributed by atoms with Crippen molar-refractivity contribution in [1.29, 1.82) is 0 Å². The maximum absolute atomic E-state index is 12.5. The lowest BCUT2D eigenvalue weighted by Crippen LogP contribution is -2.55. The molecule has 1 aromatic heterocycles. The van der Waals surface area contributed by atoms with Crippen molar-refractivity contribution in [1.82, 2.24) is 25.5 Å². The van der Waals surface area contributed by atoms with Crippen molar-refractivity contribution in [2.75, 3.05) is 37.6 Å². The van der Waals surface area contributed by atoms with E-state index in [1.54, 1.807) is 30.3 Å². The van der Waals surface area contributed by atoms with E-state index in [1.165, 1.54) is 6.42 Å². The maximum Gasteiger partial charge on any atom is 0.318 e. The molecule has 0 unspecified atom stereocenters. The van der Waals surface area contributed by atoms with Gasteiger partial charge in [-0.3, -0.25) is 4.79 Å². The molecule has 4 atom stereocenters. The normalized spacial score (nSPS) is 27.0. The Kier molecular flexibility index (Phi) is 5.45. The third-order valence-corrected chi connectivity index (χ3v) is 6.09. The minimum Gasteiger partial charge on any atom is -0.354 e. The molecule has 2 fully saturated rings. The fraction of sp³-hybridized carbons (Fsp3) is 0.600. The summed E-state index contributed by atoms with van der Waals surface area (Å²) >= 11 is 0. The second kappa shape index (κ2) is 8.16. The summed E-state index contributed by atoms with van der Waals surface area (Å²) in [5.41, 5.74) is 0. The number of anilines is 1. The highest BCUT2D eigenvalue weighted by Crippen LogP contribution is 2.42. The Morgan fingerprint density at radius 1 is 1.14 bits per heavy atom. The van der Waals surface area contributed by atoms with Gasteiger partial charge < -0.3 is 20.4 Å². The smallest absolute Gasteiger partial charge is 0.318 e. The number of fused-ring (bicyclic) bond motifs is 2.